The topological polar surface area (TPSA) is 60.2 Å². The van der Waals surface area contributed by atoms with E-state index in [9.17, 15) is 0 Å². The van der Waals surface area contributed by atoms with Crippen LogP contribution in [-0.4, -0.2) is 29.9 Å². The van der Waals surface area contributed by atoms with Crippen LogP contribution in [0.25, 0.3) is 0 Å². The molecule has 14 heavy (non-hydrogen) atoms. The SMILES string of the molecule is COCc1nnc(CCNC(C)C)o1. The Morgan fingerprint density at radius 2 is 2.07 bits per heavy atom. The van der Waals surface area contributed by atoms with Crippen LogP contribution < -0.4 is 5.32 Å². The van der Waals surface area contributed by atoms with Crippen molar-refractivity contribution in [3.8, 4) is 0 Å². The van der Waals surface area contributed by atoms with Gasteiger partial charge in [-0.3, -0.25) is 0 Å². The first kappa shape index (κ1) is 11.1. The first-order chi connectivity index (χ1) is 6.72. The molecule has 1 aromatic heterocycles. The van der Waals surface area contributed by atoms with Crippen molar-refractivity contribution in [1.82, 2.24) is 15.5 Å². The van der Waals surface area contributed by atoms with Gasteiger partial charge in [0.15, 0.2) is 0 Å². The lowest BCUT2D eigenvalue weighted by Gasteiger charge is -2.04. The number of hydrogen-bond acceptors (Lipinski definition) is 5. The molecule has 0 atom stereocenters. The molecular weight excluding hydrogens is 182 g/mol. The Morgan fingerprint density at radius 1 is 1.36 bits per heavy atom. The van der Waals surface area contributed by atoms with Gasteiger partial charge in [0.2, 0.25) is 11.8 Å². The minimum Gasteiger partial charge on any atom is -0.423 e. The third-order valence-electron chi connectivity index (χ3n) is 1.67. The molecule has 5 heteroatoms. The van der Waals surface area contributed by atoms with Gasteiger partial charge in [-0.1, -0.05) is 13.8 Å². The molecule has 0 fully saturated rings. The Kier molecular flexibility index (Phi) is 4.55. The highest BCUT2D eigenvalue weighted by atomic mass is 16.5. The van der Waals surface area contributed by atoms with Crippen LogP contribution in [0, 0.1) is 0 Å². The lowest BCUT2D eigenvalue weighted by Crippen LogP contribution is -2.25. The molecule has 80 valence electrons. The molecule has 0 bridgehead atoms. The zero-order valence-electron chi connectivity index (χ0n) is 8.91. The van der Waals surface area contributed by atoms with Gasteiger partial charge in [0.05, 0.1) is 0 Å². The molecule has 1 heterocycles. The molecule has 0 spiro atoms. The molecule has 0 aliphatic carbocycles. The summed E-state index contributed by atoms with van der Waals surface area (Å²) < 4.78 is 10.2. The van der Waals surface area contributed by atoms with Crippen LogP contribution >= 0.6 is 0 Å². The van der Waals surface area contributed by atoms with Gasteiger partial charge in [0.25, 0.3) is 0 Å². The summed E-state index contributed by atoms with van der Waals surface area (Å²) in [6.45, 7) is 5.44. The van der Waals surface area contributed by atoms with Crippen LogP contribution in [0.5, 0.6) is 0 Å². The molecular formula is C9H17N3O2. The lowest BCUT2D eigenvalue weighted by atomic mass is 10.3. The van der Waals surface area contributed by atoms with Crippen LogP contribution in [-0.2, 0) is 17.8 Å². The van der Waals surface area contributed by atoms with E-state index >= 15 is 0 Å². The molecule has 0 unspecified atom stereocenters. The maximum absolute atomic E-state index is 5.32. The van der Waals surface area contributed by atoms with Crippen molar-refractivity contribution < 1.29 is 9.15 Å². The summed E-state index contributed by atoms with van der Waals surface area (Å²) in [6.07, 6.45) is 0.759. The van der Waals surface area contributed by atoms with Crippen molar-refractivity contribution in [2.45, 2.75) is 32.9 Å². The van der Waals surface area contributed by atoms with Gasteiger partial charge >= 0.3 is 0 Å². The predicted molar refractivity (Wildman–Crippen MR) is 51.9 cm³/mol. The zero-order valence-corrected chi connectivity index (χ0v) is 8.91. The second-order valence-corrected chi connectivity index (χ2v) is 3.38. The third kappa shape index (κ3) is 3.85. The average Bonchev–Trinajstić information content (AvgIpc) is 2.53. The first-order valence-corrected chi connectivity index (χ1v) is 4.76. The third-order valence-corrected chi connectivity index (χ3v) is 1.67. The Hall–Kier alpha value is -0.940. The van der Waals surface area contributed by atoms with E-state index in [4.69, 9.17) is 9.15 Å². The van der Waals surface area contributed by atoms with Crippen molar-refractivity contribution >= 4 is 0 Å². The Balaban J connectivity index is 2.28. The summed E-state index contributed by atoms with van der Waals surface area (Å²) in [5.41, 5.74) is 0. The van der Waals surface area contributed by atoms with Crippen molar-refractivity contribution in [2.24, 2.45) is 0 Å². The van der Waals surface area contributed by atoms with Crippen LogP contribution in [0.4, 0.5) is 0 Å². The molecule has 1 N–H and O–H groups in total. The Labute approximate surface area is 83.9 Å². The first-order valence-electron chi connectivity index (χ1n) is 4.76. The maximum Gasteiger partial charge on any atom is 0.242 e. The molecule has 1 aromatic rings. The number of nitrogens with zero attached hydrogens (tertiary/aromatic N) is 2. The second-order valence-electron chi connectivity index (χ2n) is 3.38. The molecule has 5 nitrogen and oxygen atoms in total. The molecule has 0 amide bonds. The van der Waals surface area contributed by atoms with Crippen molar-refractivity contribution in [1.29, 1.82) is 0 Å². The number of methoxy groups -OCH3 is 1. The molecule has 0 saturated carbocycles. The quantitative estimate of drug-likeness (QED) is 0.732. The van der Waals surface area contributed by atoms with E-state index in [0.717, 1.165) is 13.0 Å². The van der Waals surface area contributed by atoms with E-state index < -0.39 is 0 Å². The van der Waals surface area contributed by atoms with E-state index in [-0.39, 0.29) is 0 Å². The molecule has 0 radical (unpaired) electrons. The van der Waals surface area contributed by atoms with Crippen molar-refractivity contribution in [2.75, 3.05) is 13.7 Å². The standard InChI is InChI=1S/C9H17N3O2/c1-7(2)10-5-4-8-11-12-9(14-8)6-13-3/h7,10H,4-6H2,1-3H3. The predicted octanol–water partition coefficient (Wildman–Crippen LogP) is 0.756. The normalized spacial score (nSPS) is 11.1. The van der Waals surface area contributed by atoms with Gasteiger partial charge in [-0.2, -0.15) is 0 Å². The van der Waals surface area contributed by atoms with Crippen LogP contribution in [0.15, 0.2) is 4.42 Å². The van der Waals surface area contributed by atoms with E-state index in [1.54, 1.807) is 7.11 Å². The highest BCUT2D eigenvalue weighted by Crippen LogP contribution is 2.01. The molecule has 0 aliphatic heterocycles. The van der Waals surface area contributed by atoms with Gasteiger partial charge in [-0.05, 0) is 0 Å². The molecule has 0 aromatic carbocycles. The summed E-state index contributed by atoms with van der Waals surface area (Å²) in [5, 5.41) is 11.0. The van der Waals surface area contributed by atoms with E-state index in [0.29, 0.717) is 24.4 Å². The summed E-state index contributed by atoms with van der Waals surface area (Å²) in [7, 11) is 1.60. The summed E-state index contributed by atoms with van der Waals surface area (Å²) in [5.74, 6) is 1.19. The fourth-order valence-corrected chi connectivity index (χ4v) is 1.04. The fourth-order valence-electron chi connectivity index (χ4n) is 1.04. The van der Waals surface area contributed by atoms with Crippen LogP contribution in [0.3, 0.4) is 0 Å². The smallest absolute Gasteiger partial charge is 0.242 e. The number of hydrogen-bond donors (Lipinski definition) is 1. The number of rotatable bonds is 6. The number of nitrogens with one attached hydrogen (secondary N) is 1. The molecule has 0 saturated heterocycles. The summed E-state index contributed by atoms with van der Waals surface area (Å²) >= 11 is 0. The fraction of sp³-hybridized carbons (Fsp3) is 0.778. The summed E-state index contributed by atoms with van der Waals surface area (Å²) in [4.78, 5) is 0. The minimum absolute atomic E-state index is 0.380. The van der Waals surface area contributed by atoms with Gasteiger partial charge in [-0.25, -0.2) is 0 Å². The van der Waals surface area contributed by atoms with Crippen LogP contribution in [0.1, 0.15) is 25.6 Å². The maximum atomic E-state index is 5.32. The largest absolute Gasteiger partial charge is 0.423 e. The summed E-state index contributed by atoms with van der Waals surface area (Å²) in [6, 6.07) is 0.483. The second kappa shape index (κ2) is 5.72. The van der Waals surface area contributed by atoms with Gasteiger partial charge < -0.3 is 14.5 Å². The molecule has 0 aliphatic rings. The average molecular weight is 199 g/mol. The van der Waals surface area contributed by atoms with Crippen molar-refractivity contribution in [3.05, 3.63) is 11.8 Å². The van der Waals surface area contributed by atoms with E-state index in [2.05, 4.69) is 29.4 Å². The Morgan fingerprint density at radius 3 is 2.71 bits per heavy atom. The van der Waals surface area contributed by atoms with Crippen molar-refractivity contribution in [3.63, 3.8) is 0 Å². The number of aromatic nitrogens is 2. The monoisotopic (exact) mass is 199 g/mol. The van der Waals surface area contributed by atoms with Gasteiger partial charge in [0, 0.05) is 26.1 Å². The number of ether oxygens (including phenoxy) is 1. The van der Waals surface area contributed by atoms with E-state index in [1.807, 2.05) is 0 Å². The minimum atomic E-state index is 0.380. The highest BCUT2D eigenvalue weighted by Gasteiger charge is 2.04. The van der Waals surface area contributed by atoms with Crippen LogP contribution in [0.2, 0.25) is 0 Å². The Bertz CT molecular complexity index is 260. The van der Waals surface area contributed by atoms with Gasteiger partial charge in [-0.15, -0.1) is 10.2 Å². The van der Waals surface area contributed by atoms with Gasteiger partial charge in [0.1, 0.15) is 6.61 Å². The molecule has 1 rings (SSSR count). The lowest BCUT2D eigenvalue weighted by molar-refractivity contribution is 0.158. The highest BCUT2D eigenvalue weighted by molar-refractivity contribution is 4.81. The van der Waals surface area contributed by atoms with E-state index in [1.165, 1.54) is 0 Å². The zero-order chi connectivity index (χ0) is 10.4.